The molecule has 0 unspecified atom stereocenters. The molecule has 0 saturated heterocycles. The lowest BCUT2D eigenvalue weighted by Gasteiger charge is -2.08. The number of hydrogen-bond donors (Lipinski definition) is 2. The molecular formula is C17H34N2O. The van der Waals surface area contributed by atoms with Crippen molar-refractivity contribution in [3.8, 4) is 0 Å². The highest BCUT2D eigenvalue weighted by Gasteiger charge is 2.05. The van der Waals surface area contributed by atoms with Gasteiger partial charge in [0.2, 0.25) is 0 Å². The van der Waals surface area contributed by atoms with Crippen LogP contribution in [0.3, 0.4) is 0 Å². The predicted octanol–water partition coefficient (Wildman–Crippen LogP) is 3.78. The Kier molecular flexibility index (Phi) is 12.6. The molecule has 3 N–H and O–H groups in total. The van der Waals surface area contributed by atoms with Crippen molar-refractivity contribution in [2.45, 2.75) is 71.6 Å². The Labute approximate surface area is 125 Å². The van der Waals surface area contributed by atoms with E-state index in [-0.39, 0.29) is 5.92 Å². The lowest BCUT2D eigenvalue weighted by Crippen LogP contribution is -2.17. The summed E-state index contributed by atoms with van der Waals surface area (Å²) in [5.74, 6) is 0.609. The number of carbonyl (C=O) groups excluding carboxylic acids is 1. The molecule has 0 aromatic carbocycles. The van der Waals surface area contributed by atoms with Gasteiger partial charge in [0.05, 0.1) is 0 Å². The van der Waals surface area contributed by atoms with Gasteiger partial charge in [-0.05, 0) is 32.2 Å². The van der Waals surface area contributed by atoms with E-state index in [2.05, 4.69) is 11.9 Å². The molecule has 0 amide bonds. The lowest BCUT2D eigenvalue weighted by atomic mass is 10.0. The van der Waals surface area contributed by atoms with Crippen molar-refractivity contribution in [1.29, 1.82) is 0 Å². The summed E-state index contributed by atoms with van der Waals surface area (Å²) in [6.07, 6.45) is 10.1. The van der Waals surface area contributed by atoms with Crippen LogP contribution in [0, 0.1) is 5.92 Å². The Morgan fingerprint density at radius 2 is 1.55 bits per heavy atom. The maximum Gasteiger partial charge on any atom is 0.135 e. The van der Waals surface area contributed by atoms with Gasteiger partial charge in [-0.1, -0.05) is 46.1 Å². The van der Waals surface area contributed by atoms with Crippen LogP contribution in [0.1, 0.15) is 71.6 Å². The van der Waals surface area contributed by atoms with E-state index in [1.54, 1.807) is 0 Å². The second-order valence-corrected chi connectivity index (χ2v) is 5.91. The van der Waals surface area contributed by atoms with Crippen LogP contribution < -0.4 is 11.1 Å². The van der Waals surface area contributed by atoms with Gasteiger partial charge in [-0.2, -0.15) is 0 Å². The maximum absolute atomic E-state index is 11.4. The van der Waals surface area contributed by atoms with Crippen LogP contribution in [0.5, 0.6) is 0 Å². The highest BCUT2D eigenvalue weighted by atomic mass is 16.1. The van der Waals surface area contributed by atoms with Crippen LogP contribution in [0.4, 0.5) is 0 Å². The summed E-state index contributed by atoms with van der Waals surface area (Å²) in [4.78, 5) is 11.4. The van der Waals surface area contributed by atoms with Crippen molar-refractivity contribution in [3.63, 3.8) is 0 Å². The van der Waals surface area contributed by atoms with Gasteiger partial charge in [-0.25, -0.2) is 0 Å². The third kappa shape index (κ3) is 12.2. The largest absolute Gasteiger partial charge is 0.389 e. The number of Topliss-reactive ketones (excluding diaryl/α,β-unsaturated/α-hetero) is 1. The van der Waals surface area contributed by atoms with E-state index < -0.39 is 0 Å². The smallest absolute Gasteiger partial charge is 0.135 e. The summed E-state index contributed by atoms with van der Waals surface area (Å²) in [5, 5.41) is 3.31. The third-order valence-electron chi connectivity index (χ3n) is 3.55. The first-order valence-electron chi connectivity index (χ1n) is 8.22. The fourth-order valence-electron chi connectivity index (χ4n) is 2.09. The van der Waals surface area contributed by atoms with Crippen LogP contribution in [0.25, 0.3) is 0 Å². The molecule has 3 heteroatoms. The fraction of sp³-hybridized carbons (Fsp3) is 0.824. The van der Waals surface area contributed by atoms with Crippen LogP contribution in [0.15, 0.2) is 12.3 Å². The van der Waals surface area contributed by atoms with Gasteiger partial charge in [0.1, 0.15) is 5.78 Å². The molecule has 0 aliphatic heterocycles. The second kappa shape index (κ2) is 13.2. The average molecular weight is 282 g/mol. The normalized spacial score (nSPS) is 10.8. The molecule has 0 bridgehead atoms. The van der Waals surface area contributed by atoms with E-state index in [0.29, 0.717) is 5.78 Å². The first kappa shape index (κ1) is 19.2. The van der Waals surface area contributed by atoms with Crippen molar-refractivity contribution in [2.75, 3.05) is 13.1 Å². The Balaban J connectivity index is 3.24. The molecule has 0 rings (SSSR count). The molecule has 0 aromatic heterocycles. The Morgan fingerprint density at radius 3 is 2.10 bits per heavy atom. The SMILES string of the molecule is C=C(CCCCCCCCC(=O)C(C)C)NCCCN. The van der Waals surface area contributed by atoms with Crippen LogP contribution in [-0.4, -0.2) is 18.9 Å². The molecule has 0 atom stereocenters. The summed E-state index contributed by atoms with van der Waals surface area (Å²) in [6, 6.07) is 0. The maximum atomic E-state index is 11.4. The molecule has 20 heavy (non-hydrogen) atoms. The summed E-state index contributed by atoms with van der Waals surface area (Å²) in [6.45, 7) is 9.67. The summed E-state index contributed by atoms with van der Waals surface area (Å²) in [7, 11) is 0. The third-order valence-corrected chi connectivity index (χ3v) is 3.55. The van der Waals surface area contributed by atoms with E-state index in [1.807, 2.05) is 13.8 Å². The number of carbonyl (C=O) groups is 1. The Hall–Kier alpha value is -0.830. The molecule has 0 fully saturated rings. The molecule has 0 radical (unpaired) electrons. The molecule has 3 nitrogen and oxygen atoms in total. The zero-order valence-electron chi connectivity index (χ0n) is 13.5. The van der Waals surface area contributed by atoms with Crippen molar-refractivity contribution in [3.05, 3.63) is 12.3 Å². The Morgan fingerprint density at radius 1 is 1.00 bits per heavy atom. The number of nitrogens with one attached hydrogen (secondary N) is 1. The van der Waals surface area contributed by atoms with Crippen molar-refractivity contribution in [2.24, 2.45) is 11.7 Å². The van der Waals surface area contributed by atoms with E-state index in [1.165, 1.54) is 32.1 Å². The summed E-state index contributed by atoms with van der Waals surface area (Å²) in [5.41, 5.74) is 6.58. The topological polar surface area (TPSA) is 55.1 Å². The minimum absolute atomic E-state index is 0.202. The van der Waals surface area contributed by atoms with Gasteiger partial charge in [-0.15, -0.1) is 0 Å². The minimum Gasteiger partial charge on any atom is -0.389 e. The van der Waals surface area contributed by atoms with Gasteiger partial charge >= 0.3 is 0 Å². The first-order valence-corrected chi connectivity index (χ1v) is 8.22. The van der Waals surface area contributed by atoms with E-state index >= 15 is 0 Å². The quantitative estimate of drug-likeness (QED) is 0.477. The molecule has 0 aliphatic rings. The number of unbranched alkanes of at least 4 members (excludes halogenated alkanes) is 5. The molecule has 0 saturated carbocycles. The number of hydrogen-bond acceptors (Lipinski definition) is 3. The van der Waals surface area contributed by atoms with Gasteiger partial charge < -0.3 is 11.1 Å². The van der Waals surface area contributed by atoms with Gasteiger partial charge in [-0.3, -0.25) is 4.79 Å². The van der Waals surface area contributed by atoms with Crippen molar-refractivity contribution >= 4 is 5.78 Å². The average Bonchev–Trinajstić information content (AvgIpc) is 2.41. The van der Waals surface area contributed by atoms with Crippen LogP contribution >= 0.6 is 0 Å². The van der Waals surface area contributed by atoms with Crippen LogP contribution in [-0.2, 0) is 4.79 Å². The molecular weight excluding hydrogens is 248 g/mol. The molecule has 0 aliphatic carbocycles. The highest BCUT2D eigenvalue weighted by Crippen LogP contribution is 2.11. The monoisotopic (exact) mass is 282 g/mol. The van der Waals surface area contributed by atoms with Gasteiger partial charge in [0.25, 0.3) is 0 Å². The molecule has 0 spiro atoms. The van der Waals surface area contributed by atoms with Crippen LogP contribution in [0.2, 0.25) is 0 Å². The minimum atomic E-state index is 0.202. The zero-order valence-corrected chi connectivity index (χ0v) is 13.5. The van der Waals surface area contributed by atoms with Gasteiger partial charge in [0, 0.05) is 24.6 Å². The molecule has 0 heterocycles. The number of ketones is 1. The fourth-order valence-corrected chi connectivity index (χ4v) is 2.09. The number of allylic oxidation sites excluding steroid dienone is 1. The first-order chi connectivity index (χ1) is 9.57. The second-order valence-electron chi connectivity index (χ2n) is 5.91. The Bertz CT molecular complexity index is 262. The predicted molar refractivity (Wildman–Crippen MR) is 87.6 cm³/mol. The number of rotatable bonds is 14. The van der Waals surface area contributed by atoms with E-state index in [0.717, 1.165) is 44.5 Å². The lowest BCUT2D eigenvalue weighted by molar-refractivity contribution is -0.122. The number of nitrogens with two attached hydrogens (primary N) is 1. The standard InChI is InChI=1S/C17H34N2O/c1-15(2)17(20)12-9-7-5-4-6-8-11-16(3)19-14-10-13-18/h15,19H,3-14,18H2,1-2H3. The van der Waals surface area contributed by atoms with E-state index in [9.17, 15) is 4.79 Å². The highest BCUT2D eigenvalue weighted by molar-refractivity contribution is 5.80. The van der Waals surface area contributed by atoms with Crippen molar-refractivity contribution in [1.82, 2.24) is 5.32 Å². The van der Waals surface area contributed by atoms with E-state index in [4.69, 9.17) is 5.73 Å². The summed E-state index contributed by atoms with van der Waals surface area (Å²) >= 11 is 0. The zero-order chi connectivity index (χ0) is 15.2. The van der Waals surface area contributed by atoms with Gasteiger partial charge in [0.15, 0.2) is 0 Å². The van der Waals surface area contributed by atoms with Crippen molar-refractivity contribution < 1.29 is 4.79 Å². The molecule has 118 valence electrons. The molecule has 0 aromatic rings. The summed E-state index contributed by atoms with van der Waals surface area (Å²) < 4.78 is 0.